The molecule has 1 aromatic carbocycles. The number of nitrogens with zero attached hydrogens (tertiary/aromatic N) is 2. The van der Waals surface area contributed by atoms with Crippen LogP contribution in [0.2, 0.25) is 0 Å². The van der Waals surface area contributed by atoms with E-state index < -0.39 is 11.6 Å². The molecule has 26 heavy (non-hydrogen) atoms. The predicted octanol–water partition coefficient (Wildman–Crippen LogP) is 3.33. The van der Waals surface area contributed by atoms with Crippen molar-refractivity contribution in [3.05, 3.63) is 48.1 Å². The Morgan fingerprint density at radius 3 is 2.73 bits per heavy atom. The number of likely N-dealkylation sites (tertiary alicyclic amines) is 1. The number of halogens is 3. The minimum absolute atomic E-state index is 0. The van der Waals surface area contributed by atoms with Gasteiger partial charge in [0.2, 0.25) is 0 Å². The van der Waals surface area contributed by atoms with E-state index in [-0.39, 0.29) is 24.0 Å². The van der Waals surface area contributed by atoms with Crippen LogP contribution in [0.5, 0.6) is 0 Å². The summed E-state index contributed by atoms with van der Waals surface area (Å²) in [7, 11) is 0. The molecule has 2 rings (SSSR count). The van der Waals surface area contributed by atoms with Gasteiger partial charge in [0.25, 0.3) is 0 Å². The molecule has 0 spiro atoms. The molecule has 0 atom stereocenters. The zero-order chi connectivity index (χ0) is 18.1. The third kappa shape index (κ3) is 7.19. The Balaban J connectivity index is 0.00000338. The van der Waals surface area contributed by atoms with E-state index in [9.17, 15) is 8.78 Å². The minimum atomic E-state index is -0.808. The number of benzene rings is 1. The predicted molar refractivity (Wildman–Crippen MR) is 114 cm³/mol. The fourth-order valence-electron chi connectivity index (χ4n) is 2.99. The summed E-state index contributed by atoms with van der Waals surface area (Å²) in [6.45, 7) is 9.97. The zero-order valence-corrected chi connectivity index (χ0v) is 17.6. The Labute approximate surface area is 172 Å². The van der Waals surface area contributed by atoms with Crippen LogP contribution in [-0.4, -0.2) is 49.6 Å². The van der Waals surface area contributed by atoms with Gasteiger partial charge in [-0.25, -0.2) is 8.78 Å². The van der Waals surface area contributed by atoms with Gasteiger partial charge in [-0.1, -0.05) is 18.2 Å². The molecule has 0 aliphatic carbocycles. The zero-order valence-electron chi connectivity index (χ0n) is 15.3. The molecule has 7 heteroatoms. The molecule has 4 nitrogen and oxygen atoms in total. The topological polar surface area (TPSA) is 39.7 Å². The molecule has 0 saturated carbocycles. The third-order valence-corrected chi connectivity index (χ3v) is 4.34. The van der Waals surface area contributed by atoms with Crippen molar-refractivity contribution < 1.29 is 8.78 Å². The lowest BCUT2D eigenvalue weighted by Crippen LogP contribution is -2.48. The number of piperidine rings is 1. The van der Waals surface area contributed by atoms with Gasteiger partial charge in [0.15, 0.2) is 17.6 Å². The molecule has 1 aliphatic rings. The maximum atomic E-state index is 13.7. The number of hydrogen-bond donors (Lipinski definition) is 2. The van der Waals surface area contributed by atoms with E-state index in [1.807, 2.05) is 13.0 Å². The summed E-state index contributed by atoms with van der Waals surface area (Å²) in [5.41, 5.74) is 0.359. The van der Waals surface area contributed by atoms with Crippen LogP contribution in [0.15, 0.2) is 35.8 Å². The molecule has 0 aromatic heterocycles. The van der Waals surface area contributed by atoms with E-state index in [2.05, 4.69) is 27.1 Å². The molecule has 1 aromatic rings. The SMILES string of the molecule is C=CCN1CCC(NC(=NCCc2cccc(F)c2F)NCC)CC1.I. The highest BCUT2D eigenvalue weighted by Gasteiger charge is 2.19. The van der Waals surface area contributed by atoms with E-state index in [1.54, 1.807) is 6.07 Å². The van der Waals surface area contributed by atoms with Crippen molar-refractivity contribution in [1.82, 2.24) is 15.5 Å². The first-order valence-electron chi connectivity index (χ1n) is 8.95. The molecule has 1 aliphatic heterocycles. The van der Waals surface area contributed by atoms with Crippen LogP contribution in [0.25, 0.3) is 0 Å². The van der Waals surface area contributed by atoms with Gasteiger partial charge in [0.1, 0.15) is 0 Å². The lowest BCUT2D eigenvalue weighted by molar-refractivity contribution is 0.225. The molecule has 1 fully saturated rings. The fraction of sp³-hybridized carbons (Fsp3) is 0.526. The Morgan fingerprint density at radius 2 is 2.08 bits per heavy atom. The van der Waals surface area contributed by atoms with Gasteiger partial charge in [0, 0.05) is 38.8 Å². The quantitative estimate of drug-likeness (QED) is 0.274. The van der Waals surface area contributed by atoms with E-state index in [0.29, 0.717) is 24.6 Å². The number of guanidine groups is 1. The summed E-state index contributed by atoms with van der Waals surface area (Å²) < 4.78 is 26.9. The Bertz CT molecular complexity index is 587. The molecular weight excluding hydrogens is 449 g/mol. The van der Waals surface area contributed by atoms with Gasteiger partial charge in [-0.05, 0) is 37.8 Å². The minimum Gasteiger partial charge on any atom is -0.357 e. The largest absolute Gasteiger partial charge is 0.357 e. The van der Waals surface area contributed by atoms with Crippen LogP contribution >= 0.6 is 24.0 Å². The van der Waals surface area contributed by atoms with Gasteiger partial charge in [-0.2, -0.15) is 0 Å². The lowest BCUT2D eigenvalue weighted by atomic mass is 10.1. The maximum Gasteiger partial charge on any atom is 0.191 e. The highest BCUT2D eigenvalue weighted by atomic mass is 127. The fourth-order valence-corrected chi connectivity index (χ4v) is 2.99. The van der Waals surface area contributed by atoms with Crippen molar-refractivity contribution in [3.8, 4) is 0 Å². The Kier molecular flexibility index (Phi) is 10.7. The molecular formula is C19H29F2IN4. The third-order valence-electron chi connectivity index (χ3n) is 4.34. The first-order valence-corrected chi connectivity index (χ1v) is 8.95. The van der Waals surface area contributed by atoms with Crippen molar-refractivity contribution in [2.75, 3.05) is 32.7 Å². The van der Waals surface area contributed by atoms with Crippen LogP contribution < -0.4 is 10.6 Å². The molecule has 2 N–H and O–H groups in total. The Morgan fingerprint density at radius 1 is 1.35 bits per heavy atom. The average molecular weight is 478 g/mol. The second-order valence-corrected chi connectivity index (χ2v) is 6.23. The molecule has 1 saturated heterocycles. The first kappa shape index (κ1) is 22.8. The molecule has 0 unspecified atom stereocenters. The van der Waals surface area contributed by atoms with E-state index >= 15 is 0 Å². The molecule has 146 valence electrons. The average Bonchev–Trinajstić information content (AvgIpc) is 2.61. The van der Waals surface area contributed by atoms with E-state index in [1.165, 1.54) is 6.07 Å². The van der Waals surface area contributed by atoms with Crippen molar-refractivity contribution in [2.24, 2.45) is 4.99 Å². The number of nitrogens with one attached hydrogen (secondary N) is 2. The summed E-state index contributed by atoms with van der Waals surface area (Å²) in [6.07, 6.45) is 4.41. The second kappa shape index (κ2) is 12.2. The smallest absolute Gasteiger partial charge is 0.191 e. The Hall–Kier alpha value is -1.22. The van der Waals surface area contributed by atoms with Crippen molar-refractivity contribution in [2.45, 2.75) is 32.2 Å². The lowest BCUT2D eigenvalue weighted by Gasteiger charge is -2.32. The molecule has 0 bridgehead atoms. The van der Waals surface area contributed by atoms with Crippen molar-refractivity contribution in [3.63, 3.8) is 0 Å². The van der Waals surface area contributed by atoms with Crippen LogP contribution in [0.4, 0.5) is 8.78 Å². The van der Waals surface area contributed by atoms with E-state index in [0.717, 1.165) is 51.0 Å². The van der Waals surface area contributed by atoms with Gasteiger partial charge < -0.3 is 10.6 Å². The highest BCUT2D eigenvalue weighted by Crippen LogP contribution is 2.12. The van der Waals surface area contributed by atoms with Crippen molar-refractivity contribution in [1.29, 1.82) is 0 Å². The highest BCUT2D eigenvalue weighted by molar-refractivity contribution is 14.0. The monoisotopic (exact) mass is 478 g/mol. The van der Waals surface area contributed by atoms with Crippen molar-refractivity contribution >= 4 is 29.9 Å². The van der Waals surface area contributed by atoms with Crippen LogP contribution in [0, 0.1) is 11.6 Å². The number of rotatable bonds is 7. The van der Waals surface area contributed by atoms with Crippen LogP contribution in [0.1, 0.15) is 25.3 Å². The summed E-state index contributed by atoms with van der Waals surface area (Å²) in [5, 5.41) is 6.67. The summed E-state index contributed by atoms with van der Waals surface area (Å²) >= 11 is 0. The molecule has 0 radical (unpaired) electrons. The number of aliphatic imine (C=N–C) groups is 1. The number of hydrogen-bond acceptors (Lipinski definition) is 2. The summed E-state index contributed by atoms with van der Waals surface area (Å²) in [5.74, 6) is -0.843. The van der Waals surface area contributed by atoms with Gasteiger partial charge in [-0.15, -0.1) is 30.6 Å². The van der Waals surface area contributed by atoms with E-state index in [4.69, 9.17) is 0 Å². The van der Waals surface area contributed by atoms with Crippen LogP contribution in [-0.2, 0) is 6.42 Å². The summed E-state index contributed by atoms with van der Waals surface area (Å²) in [4.78, 5) is 6.88. The molecule has 0 amide bonds. The first-order chi connectivity index (χ1) is 12.1. The normalized spacial score (nSPS) is 16.0. The second-order valence-electron chi connectivity index (χ2n) is 6.23. The molecule has 1 heterocycles. The van der Waals surface area contributed by atoms with Gasteiger partial charge in [-0.3, -0.25) is 9.89 Å². The van der Waals surface area contributed by atoms with Gasteiger partial charge >= 0.3 is 0 Å². The van der Waals surface area contributed by atoms with Crippen LogP contribution in [0.3, 0.4) is 0 Å². The summed E-state index contributed by atoms with van der Waals surface area (Å²) in [6, 6.07) is 4.64. The van der Waals surface area contributed by atoms with Gasteiger partial charge in [0.05, 0.1) is 0 Å². The standard InChI is InChI=1S/C19H28F2N4.HI/c1-3-12-25-13-9-16(10-14-25)24-19(22-4-2)23-11-8-15-6-5-7-17(20)18(15)21;/h3,5-7,16H,1,4,8-14H2,2H3,(H2,22,23,24);1H. The maximum absolute atomic E-state index is 13.7.